The molecule has 2 rings (SSSR count). The molecule has 1 aliphatic rings. The molecule has 22 heavy (non-hydrogen) atoms. The molecule has 8 heteroatoms. The Morgan fingerprint density at radius 1 is 1.50 bits per heavy atom. The maximum atomic E-state index is 13.7. The van der Waals surface area contributed by atoms with Gasteiger partial charge >= 0.3 is 6.18 Å². The van der Waals surface area contributed by atoms with Crippen LogP contribution in [0, 0.1) is 5.82 Å². The van der Waals surface area contributed by atoms with E-state index in [2.05, 4.69) is 4.98 Å². The summed E-state index contributed by atoms with van der Waals surface area (Å²) < 4.78 is 50.6. The van der Waals surface area contributed by atoms with Crippen LogP contribution >= 0.6 is 11.8 Å². The topological polar surface area (TPSA) is 33.2 Å². The summed E-state index contributed by atoms with van der Waals surface area (Å²) in [4.78, 5) is 16.7. The molecule has 1 fully saturated rings. The third-order valence-corrected chi connectivity index (χ3v) is 4.20. The van der Waals surface area contributed by atoms with Crippen molar-refractivity contribution in [2.75, 3.05) is 12.3 Å². The van der Waals surface area contributed by atoms with Crippen molar-refractivity contribution in [3.63, 3.8) is 0 Å². The maximum Gasteiger partial charge on any atom is 0.454 e. The van der Waals surface area contributed by atoms with Gasteiger partial charge in [0.25, 0.3) is 5.78 Å². The third kappa shape index (κ3) is 4.00. The Balaban J connectivity index is 2.13. The average molecular weight is 334 g/mol. The van der Waals surface area contributed by atoms with Crippen molar-refractivity contribution in [2.45, 2.75) is 26.1 Å². The van der Waals surface area contributed by atoms with Gasteiger partial charge in [-0.2, -0.15) is 13.2 Å². The highest BCUT2D eigenvalue weighted by Gasteiger charge is 2.37. The lowest BCUT2D eigenvalue weighted by molar-refractivity contribution is -0.165. The van der Waals surface area contributed by atoms with Crippen molar-refractivity contribution in [3.8, 4) is 0 Å². The Morgan fingerprint density at radius 2 is 2.23 bits per heavy atom. The first-order chi connectivity index (χ1) is 10.3. The van der Waals surface area contributed by atoms with E-state index in [1.807, 2.05) is 0 Å². The Morgan fingerprint density at radius 3 is 2.82 bits per heavy atom. The first-order valence-corrected chi connectivity index (χ1v) is 7.63. The highest BCUT2D eigenvalue weighted by atomic mass is 32.2. The Bertz CT molecular complexity index is 601. The number of thioether (sulfide) groups is 1. The lowest BCUT2D eigenvalue weighted by Crippen LogP contribution is -2.23. The molecule has 1 saturated heterocycles. The predicted molar refractivity (Wildman–Crippen MR) is 75.6 cm³/mol. The Kier molecular flexibility index (Phi) is 5.10. The molecule has 1 aromatic heterocycles. The summed E-state index contributed by atoms with van der Waals surface area (Å²) in [5.74, 6) is -1.73. The molecular formula is C14H14F4N2OS. The van der Waals surface area contributed by atoms with Crippen LogP contribution in [0.4, 0.5) is 17.6 Å². The summed E-state index contributed by atoms with van der Waals surface area (Å²) in [5.41, 5.74) is 0.908. The average Bonchev–Trinajstić information content (AvgIpc) is 2.85. The molecule has 3 nitrogen and oxygen atoms in total. The van der Waals surface area contributed by atoms with Crippen molar-refractivity contribution >= 4 is 17.5 Å². The molecule has 0 unspecified atom stereocenters. The van der Waals surface area contributed by atoms with E-state index in [-0.39, 0.29) is 11.6 Å². The molecule has 0 N–H and O–H groups in total. The summed E-state index contributed by atoms with van der Waals surface area (Å²) in [6.07, 6.45) is -2.30. The van der Waals surface area contributed by atoms with E-state index in [0.29, 0.717) is 36.1 Å². The van der Waals surface area contributed by atoms with Crippen LogP contribution in [-0.2, 0) is 17.8 Å². The number of nitrogens with zero attached hydrogens (tertiary/aromatic N) is 2. The second kappa shape index (κ2) is 6.68. The summed E-state index contributed by atoms with van der Waals surface area (Å²) in [7, 11) is 0. The number of carbonyl (C=O) groups is 1. The first-order valence-electron chi connectivity index (χ1n) is 6.65. The monoisotopic (exact) mass is 334 g/mol. The lowest BCUT2D eigenvalue weighted by Gasteiger charge is -2.19. The van der Waals surface area contributed by atoms with Gasteiger partial charge < -0.3 is 4.90 Å². The number of hydrogen-bond donors (Lipinski definition) is 0. The standard InChI is InChI=1S/C14H14F4N2OS/c1-2-11-10(15)5-9(7-19-11)8-20-3-4-22-13(20)6-12(21)14(16,17)18/h5-7H,2-4,8H2,1H3/b13-6-. The summed E-state index contributed by atoms with van der Waals surface area (Å²) >= 11 is 1.18. The van der Waals surface area contributed by atoms with E-state index in [4.69, 9.17) is 0 Å². The summed E-state index contributed by atoms with van der Waals surface area (Å²) in [6, 6.07) is 1.33. The maximum absolute atomic E-state index is 13.7. The molecule has 1 aliphatic heterocycles. The molecule has 0 radical (unpaired) electrons. The van der Waals surface area contributed by atoms with Gasteiger partial charge in [0.15, 0.2) is 0 Å². The molecule has 0 bridgehead atoms. The number of aryl methyl sites for hydroxylation is 1. The van der Waals surface area contributed by atoms with Crippen LogP contribution in [0.25, 0.3) is 0 Å². The van der Waals surface area contributed by atoms with Crippen molar-refractivity contribution < 1.29 is 22.4 Å². The molecule has 0 saturated carbocycles. The van der Waals surface area contributed by atoms with Crippen LogP contribution in [0.15, 0.2) is 23.4 Å². The SMILES string of the molecule is CCc1ncc(CN2CCS/C2=C\C(=O)C(F)(F)F)cc1F. The van der Waals surface area contributed by atoms with E-state index in [1.165, 1.54) is 24.0 Å². The van der Waals surface area contributed by atoms with Crippen molar-refractivity contribution in [1.29, 1.82) is 0 Å². The van der Waals surface area contributed by atoms with Gasteiger partial charge in [0.1, 0.15) is 5.82 Å². The fourth-order valence-corrected chi connectivity index (χ4v) is 3.07. The van der Waals surface area contributed by atoms with E-state index < -0.39 is 17.8 Å². The number of ketones is 1. The number of hydrogen-bond acceptors (Lipinski definition) is 4. The minimum absolute atomic E-state index is 0.220. The van der Waals surface area contributed by atoms with Crippen LogP contribution < -0.4 is 0 Å². The fraction of sp³-hybridized carbons (Fsp3) is 0.429. The fourth-order valence-electron chi connectivity index (χ4n) is 2.02. The molecule has 0 amide bonds. The minimum atomic E-state index is -4.88. The zero-order chi connectivity index (χ0) is 16.3. The molecule has 0 aliphatic carbocycles. The van der Waals surface area contributed by atoms with Crippen LogP contribution in [0.3, 0.4) is 0 Å². The van der Waals surface area contributed by atoms with Crippen molar-refractivity contribution in [1.82, 2.24) is 9.88 Å². The molecule has 0 atom stereocenters. The number of halogens is 4. The zero-order valence-corrected chi connectivity index (χ0v) is 12.6. The van der Waals surface area contributed by atoms with Crippen molar-refractivity contribution in [3.05, 3.63) is 40.4 Å². The van der Waals surface area contributed by atoms with Gasteiger partial charge in [-0.3, -0.25) is 9.78 Å². The largest absolute Gasteiger partial charge is 0.454 e. The Labute approximate surface area is 129 Å². The van der Waals surface area contributed by atoms with Crippen molar-refractivity contribution in [2.24, 2.45) is 0 Å². The molecule has 2 heterocycles. The minimum Gasteiger partial charge on any atom is -0.361 e. The molecular weight excluding hydrogens is 320 g/mol. The summed E-state index contributed by atoms with van der Waals surface area (Å²) in [5, 5.41) is 0.252. The van der Waals surface area contributed by atoms with Gasteiger partial charge in [0.2, 0.25) is 0 Å². The number of carbonyl (C=O) groups excluding carboxylic acids is 1. The van der Waals surface area contributed by atoms with Gasteiger partial charge in [0.05, 0.1) is 10.7 Å². The van der Waals surface area contributed by atoms with Gasteiger partial charge in [-0.25, -0.2) is 4.39 Å². The lowest BCUT2D eigenvalue weighted by atomic mass is 10.2. The van der Waals surface area contributed by atoms with E-state index >= 15 is 0 Å². The van der Waals surface area contributed by atoms with Crippen LogP contribution in [0.1, 0.15) is 18.2 Å². The number of pyridine rings is 1. The van der Waals surface area contributed by atoms with Crippen LogP contribution in [0.2, 0.25) is 0 Å². The van der Waals surface area contributed by atoms with Crippen LogP contribution in [-0.4, -0.2) is 34.1 Å². The smallest absolute Gasteiger partial charge is 0.361 e. The molecule has 1 aromatic rings. The Hall–Kier alpha value is -1.57. The van der Waals surface area contributed by atoms with Crippen LogP contribution in [0.5, 0.6) is 0 Å². The van der Waals surface area contributed by atoms with Gasteiger partial charge in [-0.05, 0) is 18.1 Å². The van der Waals surface area contributed by atoms with E-state index in [0.717, 1.165) is 0 Å². The highest BCUT2D eigenvalue weighted by molar-refractivity contribution is 8.03. The molecule has 0 spiro atoms. The number of allylic oxidation sites excluding steroid dienone is 1. The first kappa shape index (κ1) is 16.8. The van der Waals surface area contributed by atoms with Gasteiger partial charge in [-0.15, -0.1) is 11.8 Å². The highest BCUT2D eigenvalue weighted by Crippen LogP contribution is 2.31. The predicted octanol–water partition coefficient (Wildman–Crippen LogP) is 3.30. The van der Waals surface area contributed by atoms with E-state index in [1.54, 1.807) is 11.8 Å². The van der Waals surface area contributed by atoms with E-state index in [9.17, 15) is 22.4 Å². The van der Waals surface area contributed by atoms with Gasteiger partial charge in [0, 0.05) is 31.1 Å². The molecule has 0 aromatic carbocycles. The number of alkyl halides is 3. The third-order valence-electron chi connectivity index (χ3n) is 3.14. The van der Waals surface area contributed by atoms with Gasteiger partial charge in [-0.1, -0.05) is 6.92 Å². The normalized spacial score (nSPS) is 17.3. The second-order valence-electron chi connectivity index (χ2n) is 4.74. The summed E-state index contributed by atoms with van der Waals surface area (Å²) in [6.45, 7) is 2.50. The zero-order valence-electron chi connectivity index (χ0n) is 11.8. The molecule has 120 valence electrons. The quantitative estimate of drug-likeness (QED) is 0.625. The number of rotatable bonds is 4. The second-order valence-corrected chi connectivity index (χ2v) is 5.86. The number of aromatic nitrogens is 1.